The molecule has 0 spiro atoms. The van der Waals surface area contributed by atoms with Gasteiger partial charge in [-0.25, -0.2) is 0 Å². The summed E-state index contributed by atoms with van der Waals surface area (Å²) in [5.74, 6) is 0.862. The molecular formula is C14H22O3. The first-order chi connectivity index (χ1) is 8.26. The summed E-state index contributed by atoms with van der Waals surface area (Å²) in [4.78, 5) is 0. The fraction of sp³-hybridized carbons (Fsp3) is 0.571. The summed E-state index contributed by atoms with van der Waals surface area (Å²) in [5, 5.41) is 0. The third-order valence-corrected chi connectivity index (χ3v) is 2.49. The zero-order valence-corrected chi connectivity index (χ0v) is 10.9. The summed E-state index contributed by atoms with van der Waals surface area (Å²) in [6.07, 6.45) is 2.07. The Kier molecular flexibility index (Phi) is 6.67. The third kappa shape index (κ3) is 5.71. The van der Waals surface area contributed by atoms with E-state index in [0.29, 0.717) is 6.61 Å². The van der Waals surface area contributed by atoms with Crippen LogP contribution in [-0.2, 0) is 16.1 Å². The lowest BCUT2D eigenvalue weighted by molar-refractivity contribution is -0.138. The van der Waals surface area contributed by atoms with Crippen molar-refractivity contribution in [1.29, 1.82) is 0 Å². The van der Waals surface area contributed by atoms with Crippen LogP contribution in [0.3, 0.4) is 0 Å². The zero-order chi connectivity index (χ0) is 12.5. The second-order valence-corrected chi connectivity index (χ2v) is 3.95. The molecule has 0 radical (unpaired) electrons. The fourth-order valence-corrected chi connectivity index (χ4v) is 1.38. The van der Waals surface area contributed by atoms with E-state index in [2.05, 4.69) is 6.92 Å². The molecule has 0 heterocycles. The van der Waals surface area contributed by atoms with Crippen LogP contribution in [0.25, 0.3) is 0 Å². The van der Waals surface area contributed by atoms with Gasteiger partial charge in [0.05, 0.1) is 13.7 Å². The van der Waals surface area contributed by atoms with Crippen LogP contribution in [0.5, 0.6) is 5.75 Å². The molecule has 0 aromatic heterocycles. The Morgan fingerprint density at radius 3 is 2.41 bits per heavy atom. The van der Waals surface area contributed by atoms with Gasteiger partial charge in [0.2, 0.25) is 0 Å². The largest absolute Gasteiger partial charge is 0.497 e. The summed E-state index contributed by atoms with van der Waals surface area (Å²) in [7, 11) is 1.66. The highest BCUT2D eigenvalue weighted by Gasteiger charge is 2.02. The Morgan fingerprint density at radius 2 is 1.82 bits per heavy atom. The third-order valence-electron chi connectivity index (χ3n) is 2.49. The van der Waals surface area contributed by atoms with Crippen molar-refractivity contribution in [1.82, 2.24) is 0 Å². The molecule has 0 amide bonds. The smallest absolute Gasteiger partial charge is 0.155 e. The van der Waals surface area contributed by atoms with Crippen LogP contribution in [-0.4, -0.2) is 20.0 Å². The van der Waals surface area contributed by atoms with Gasteiger partial charge in [0.25, 0.3) is 0 Å². The molecule has 17 heavy (non-hydrogen) atoms. The van der Waals surface area contributed by atoms with Crippen molar-refractivity contribution in [3.8, 4) is 5.75 Å². The molecule has 0 fully saturated rings. The van der Waals surface area contributed by atoms with Gasteiger partial charge in [0.1, 0.15) is 5.75 Å². The van der Waals surface area contributed by atoms with E-state index in [4.69, 9.17) is 14.2 Å². The average Bonchev–Trinajstić information content (AvgIpc) is 2.37. The first-order valence-corrected chi connectivity index (χ1v) is 6.12. The normalized spacial score (nSPS) is 12.4. The maximum atomic E-state index is 5.59. The van der Waals surface area contributed by atoms with E-state index in [1.165, 1.54) is 0 Å². The maximum absolute atomic E-state index is 5.59. The van der Waals surface area contributed by atoms with E-state index in [1.54, 1.807) is 7.11 Å². The van der Waals surface area contributed by atoms with Crippen molar-refractivity contribution < 1.29 is 14.2 Å². The number of rotatable bonds is 8. The van der Waals surface area contributed by atoms with Gasteiger partial charge in [-0.15, -0.1) is 0 Å². The van der Waals surface area contributed by atoms with Crippen molar-refractivity contribution in [2.45, 2.75) is 39.6 Å². The van der Waals surface area contributed by atoms with Crippen molar-refractivity contribution in [2.24, 2.45) is 0 Å². The Morgan fingerprint density at radius 1 is 1.12 bits per heavy atom. The molecule has 3 nitrogen and oxygen atoms in total. The molecule has 1 aromatic carbocycles. The molecular weight excluding hydrogens is 216 g/mol. The lowest BCUT2D eigenvalue weighted by Crippen LogP contribution is -2.13. The highest BCUT2D eigenvalue weighted by atomic mass is 16.7. The SMILES string of the molecule is CCCCO[C@@H](C)OCc1ccc(OC)cc1. The second kappa shape index (κ2) is 8.09. The van der Waals surface area contributed by atoms with Gasteiger partial charge < -0.3 is 14.2 Å². The second-order valence-electron chi connectivity index (χ2n) is 3.95. The molecule has 96 valence electrons. The molecule has 0 saturated heterocycles. The van der Waals surface area contributed by atoms with Gasteiger partial charge in [-0.1, -0.05) is 25.5 Å². The van der Waals surface area contributed by atoms with Gasteiger partial charge in [0.15, 0.2) is 6.29 Å². The maximum Gasteiger partial charge on any atom is 0.155 e. The minimum atomic E-state index is -0.149. The van der Waals surface area contributed by atoms with Crippen LogP contribution < -0.4 is 4.74 Å². The highest BCUT2D eigenvalue weighted by Crippen LogP contribution is 2.12. The molecule has 0 unspecified atom stereocenters. The number of unbranched alkanes of at least 4 members (excludes halogenated alkanes) is 1. The number of ether oxygens (including phenoxy) is 3. The van der Waals surface area contributed by atoms with E-state index >= 15 is 0 Å². The molecule has 1 rings (SSSR count). The molecule has 0 saturated carbocycles. The average molecular weight is 238 g/mol. The zero-order valence-electron chi connectivity index (χ0n) is 10.9. The number of methoxy groups -OCH3 is 1. The number of hydrogen-bond acceptors (Lipinski definition) is 3. The lowest BCUT2D eigenvalue weighted by Gasteiger charge is -2.14. The quantitative estimate of drug-likeness (QED) is 0.513. The van der Waals surface area contributed by atoms with Crippen molar-refractivity contribution >= 4 is 0 Å². The van der Waals surface area contributed by atoms with Gasteiger partial charge >= 0.3 is 0 Å². The molecule has 1 aromatic rings. The summed E-state index contributed by atoms with van der Waals surface area (Å²) >= 11 is 0. The summed E-state index contributed by atoms with van der Waals surface area (Å²) in [6.45, 7) is 5.41. The van der Waals surface area contributed by atoms with Gasteiger partial charge in [0, 0.05) is 6.61 Å². The van der Waals surface area contributed by atoms with Gasteiger partial charge in [-0.3, -0.25) is 0 Å². The Labute approximate surface area is 104 Å². The van der Waals surface area contributed by atoms with E-state index in [-0.39, 0.29) is 6.29 Å². The predicted molar refractivity (Wildman–Crippen MR) is 68.1 cm³/mol. The van der Waals surface area contributed by atoms with Gasteiger partial charge in [-0.05, 0) is 31.0 Å². The standard InChI is InChI=1S/C14H22O3/c1-4-5-10-16-12(2)17-11-13-6-8-14(15-3)9-7-13/h6-9,12H,4-5,10-11H2,1-3H3/t12-/m1/s1. The molecule has 1 atom stereocenters. The van der Waals surface area contributed by atoms with E-state index < -0.39 is 0 Å². The number of hydrogen-bond donors (Lipinski definition) is 0. The van der Waals surface area contributed by atoms with Crippen LogP contribution in [0.15, 0.2) is 24.3 Å². The topological polar surface area (TPSA) is 27.7 Å². The minimum Gasteiger partial charge on any atom is -0.497 e. The summed E-state index contributed by atoms with van der Waals surface area (Å²) < 4.78 is 16.2. The van der Waals surface area contributed by atoms with Crippen LogP contribution in [0.4, 0.5) is 0 Å². The first-order valence-electron chi connectivity index (χ1n) is 6.12. The van der Waals surface area contributed by atoms with Gasteiger partial charge in [-0.2, -0.15) is 0 Å². The lowest BCUT2D eigenvalue weighted by atomic mass is 10.2. The van der Waals surface area contributed by atoms with Crippen LogP contribution in [0.1, 0.15) is 32.3 Å². The Balaban J connectivity index is 2.24. The van der Waals surface area contributed by atoms with Crippen LogP contribution in [0, 0.1) is 0 Å². The van der Waals surface area contributed by atoms with Crippen molar-refractivity contribution in [3.05, 3.63) is 29.8 Å². The Hall–Kier alpha value is -1.06. The molecule has 0 N–H and O–H groups in total. The molecule has 0 bridgehead atoms. The molecule has 0 aliphatic carbocycles. The van der Waals surface area contributed by atoms with Crippen LogP contribution >= 0.6 is 0 Å². The highest BCUT2D eigenvalue weighted by molar-refractivity contribution is 5.26. The number of benzene rings is 1. The van der Waals surface area contributed by atoms with E-state index in [1.807, 2.05) is 31.2 Å². The first kappa shape index (κ1) is 14.0. The molecule has 0 aliphatic rings. The monoisotopic (exact) mass is 238 g/mol. The van der Waals surface area contributed by atoms with Crippen LogP contribution in [0.2, 0.25) is 0 Å². The molecule has 0 aliphatic heterocycles. The minimum absolute atomic E-state index is 0.149. The van der Waals surface area contributed by atoms with Crippen molar-refractivity contribution in [2.75, 3.05) is 13.7 Å². The predicted octanol–water partition coefficient (Wildman–Crippen LogP) is 3.37. The fourth-order valence-electron chi connectivity index (χ4n) is 1.38. The van der Waals surface area contributed by atoms with E-state index in [9.17, 15) is 0 Å². The molecule has 3 heteroatoms. The van der Waals surface area contributed by atoms with E-state index in [0.717, 1.165) is 30.8 Å². The summed E-state index contributed by atoms with van der Waals surface area (Å²) in [5.41, 5.74) is 1.12. The summed E-state index contributed by atoms with van der Waals surface area (Å²) in [6, 6.07) is 7.86. The Bertz CT molecular complexity index is 295. The van der Waals surface area contributed by atoms with Crippen molar-refractivity contribution in [3.63, 3.8) is 0 Å².